The molecule has 0 N–H and O–H groups in total. The normalized spacial score (nSPS) is 12.8. The average molecular weight is 1060 g/mol. The first-order valence-corrected chi connectivity index (χ1v) is 31.9. The van der Waals surface area contributed by atoms with Gasteiger partial charge in [0.25, 0.3) is 0 Å². The molecule has 0 rings (SSSR count). The first kappa shape index (κ1) is 72.1. The smallest absolute Gasteiger partial charge is 0.306 e. The Morgan fingerprint density at radius 1 is 0.276 bits per heavy atom. The van der Waals surface area contributed by atoms with Crippen LogP contribution >= 0.6 is 0 Å². The Balaban J connectivity index is 4.39. The van der Waals surface area contributed by atoms with Crippen molar-refractivity contribution < 1.29 is 28.6 Å². The second kappa shape index (κ2) is 63.6. The Morgan fingerprint density at radius 2 is 0.513 bits per heavy atom. The van der Waals surface area contributed by atoms with Crippen molar-refractivity contribution in [3.63, 3.8) is 0 Å². The van der Waals surface area contributed by atoms with Gasteiger partial charge in [0.05, 0.1) is 0 Å². The van der Waals surface area contributed by atoms with Gasteiger partial charge in [-0.1, -0.05) is 278 Å². The van der Waals surface area contributed by atoms with Crippen molar-refractivity contribution in [3.05, 3.63) is 109 Å². The van der Waals surface area contributed by atoms with Crippen molar-refractivity contribution in [2.24, 2.45) is 0 Å². The van der Waals surface area contributed by atoms with Gasteiger partial charge in [0, 0.05) is 19.3 Å². The topological polar surface area (TPSA) is 78.9 Å². The van der Waals surface area contributed by atoms with Crippen molar-refractivity contribution >= 4 is 17.9 Å². The van der Waals surface area contributed by atoms with E-state index in [0.29, 0.717) is 19.3 Å². The van der Waals surface area contributed by atoms with E-state index in [1.165, 1.54) is 109 Å². The van der Waals surface area contributed by atoms with Crippen LogP contribution in [0.4, 0.5) is 0 Å². The van der Waals surface area contributed by atoms with Gasteiger partial charge in [-0.15, -0.1) is 0 Å². The van der Waals surface area contributed by atoms with E-state index in [2.05, 4.69) is 130 Å². The molecule has 1 unspecified atom stereocenters. The summed E-state index contributed by atoms with van der Waals surface area (Å²) < 4.78 is 16.9. The van der Waals surface area contributed by atoms with Crippen molar-refractivity contribution in [3.8, 4) is 0 Å². The number of hydrogen-bond acceptors (Lipinski definition) is 6. The fourth-order valence-electron chi connectivity index (χ4n) is 8.75. The van der Waals surface area contributed by atoms with Crippen LogP contribution in [0.2, 0.25) is 0 Å². The fraction of sp³-hybridized carbons (Fsp3) is 0.700. The van der Waals surface area contributed by atoms with E-state index in [-0.39, 0.29) is 31.1 Å². The summed E-state index contributed by atoms with van der Waals surface area (Å²) in [6, 6.07) is 0. The molecule has 6 heteroatoms. The first-order chi connectivity index (χ1) is 37.5. The monoisotopic (exact) mass is 1050 g/mol. The molecule has 1 atom stereocenters. The lowest BCUT2D eigenvalue weighted by atomic mass is 10.0. The molecule has 0 aliphatic carbocycles. The van der Waals surface area contributed by atoms with E-state index in [1.54, 1.807) is 0 Å². The zero-order valence-electron chi connectivity index (χ0n) is 49.7. The fourth-order valence-corrected chi connectivity index (χ4v) is 8.75. The van der Waals surface area contributed by atoms with Gasteiger partial charge in [0.15, 0.2) is 6.10 Å². The number of carbonyl (C=O) groups excluding carboxylic acids is 3. The van der Waals surface area contributed by atoms with Crippen LogP contribution in [-0.2, 0) is 28.6 Å². The predicted octanol–water partition coefficient (Wildman–Crippen LogP) is 21.8. The van der Waals surface area contributed by atoms with Crippen molar-refractivity contribution in [2.45, 2.75) is 303 Å². The molecule has 0 fully saturated rings. The summed E-state index contributed by atoms with van der Waals surface area (Å²) in [5.41, 5.74) is 0. The lowest BCUT2D eigenvalue weighted by Gasteiger charge is -2.18. The molecule has 0 saturated heterocycles. The number of esters is 3. The van der Waals surface area contributed by atoms with Crippen LogP contribution in [0, 0.1) is 0 Å². The van der Waals surface area contributed by atoms with Crippen LogP contribution in [-0.4, -0.2) is 37.2 Å². The Morgan fingerprint density at radius 3 is 0.829 bits per heavy atom. The molecule has 0 heterocycles. The molecule has 434 valence electrons. The minimum atomic E-state index is -0.793. The third-order valence-corrected chi connectivity index (χ3v) is 13.5. The Kier molecular flexibility index (Phi) is 60.3. The predicted molar refractivity (Wildman–Crippen MR) is 330 cm³/mol. The maximum atomic E-state index is 12.9. The summed E-state index contributed by atoms with van der Waals surface area (Å²) in [7, 11) is 0. The lowest BCUT2D eigenvalue weighted by Crippen LogP contribution is -2.30. The summed E-state index contributed by atoms with van der Waals surface area (Å²) in [5.74, 6) is -0.913. The Bertz CT molecular complexity index is 1540. The molecule has 0 amide bonds. The highest BCUT2D eigenvalue weighted by atomic mass is 16.6. The van der Waals surface area contributed by atoms with Crippen molar-refractivity contribution in [1.29, 1.82) is 0 Å². The largest absolute Gasteiger partial charge is 0.462 e. The van der Waals surface area contributed by atoms with Gasteiger partial charge in [0.2, 0.25) is 0 Å². The lowest BCUT2D eigenvalue weighted by molar-refractivity contribution is -0.167. The third kappa shape index (κ3) is 60.9. The van der Waals surface area contributed by atoms with Gasteiger partial charge in [-0.2, -0.15) is 0 Å². The summed E-state index contributed by atoms with van der Waals surface area (Å²) in [4.78, 5) is 38.3. The zero-order chi connectivity index (χ0) is 55.0. The SMILES string of the molecule is CC/C=C\C/C=C\C/C=C\C/C=C\C/C=C\C/C=C\C/C=C\CCCCCCCC(=O)OCC(COC(=O)CCCCCCC/C=C\C/C=C\CCCCC)OC(=O)CCCCCCCCCCCCCCCCCC. The quantitative estimate of drug-likeness (QED) is 0.0261. The van der Waals surface area contributed by atoms with Gasteiger partial charge in [0.1, 0.15) is 13.2 Å². The molecule has 0 aliphatic heterocycles. The second-order valence-corrected chi connectivity index (χ2v) is 20.9. The van der Waals surface area contributed by atoms with Crippen LogP contribution in [0.1, 0.15) is 297 Å². The summed E-state index contributed by atoms with van der Waals surface area (Å²) in [6.45, 7) is 6.49. The number of unbranched alkanes of at least 4 members (excludes halogenated alkanes) is 28. The minimum Gasteiger partial charge on any atom is -0.462 e. The van der Waals surface area contributed by atoms with Crippen LogP contribution < -0.4 is 0 Å². The molecular weight excluding hydrogens is 937 g/mol. The van der Waals surface area contributed by atoms with E-state index in [1.807, 2.05) is 0 Å². The average Bonchev–Trinajstić information content (AvgIpc) is 3.42. The first-order valence-electron chi connectivity index (χ1n) is 31.9. The summed E-state index contributed by atoms with van der Waals surface area (Å²) in [5, 5.41) is 0. The summed E-state index contributed by atoms with van der Waals surface area (Å²) >= 11 is 0. The minimum absolute atomic E-state index is 0.0904. The molecule has 0 aliphatic rings. The molecule has 0 saturated carbocycles. The van der Waals surface area contributed by atoms with E-state index in [0.717, 1.165) is 148 Å². The number of hydrogen-bond donors (Lipinski definition) is 0. The molecule has 76 heavy (non-hydrogen) atoms. The van der Waals surface area contributed by atoms with Crippen LogP contribution in [0.5, 0.6) is 0 Å². The van der Waals surface area contributed by atoms with E-state index in [9.17, 15) is 14.4 Å². The molecule has 0 aromatic rings. The van der Waals surface area contributed by atoms with Gasteiger partial charge >= 0.3 is 17.9 Å². The number of carbonyl (C=O) groups is 3. The maximum absolute atomic E-state index is 12.9. The highest BCUT2D eigenvalue weighted by Crippen LogP contribution is 2.16. The number of ether oxygens (including phenoxy) is 3. The molecule has 6 nitrogen and oxygen atoms in total. The molecular formula is C70H118O6. The number of allylic oxidation sites excluding steroid dienone is 18. The molecule has 0 radical (unpaired) electrons. The van der Waals surface area contributed by atoms with Gasteiger partial charge in [-0.25, -0.2) is 0 Å². The van der Waals surface area contributed by atoms with Crippen LogP contribution in [0.25, 0.3) is 0 Å². The molecule has 0 aromatic heterocycles. The Hall–Kier alpha value is -3.93. The number of rotatable bonds is 57. The zero-order valence-corrected chi connectivity index (χ0v) is 49.7. The maximum Gasteiger partial charge on any atom is 0.306 e. The third-order valence-electron chi connectivity index (χ3n) is 13.5. The van der Waals surface area contributed by atoms with E-state index >= 15 is 0 Å². The van der Waals surface area contributed by atoms with Crippen LogP contribution in [0.3, 0.4) is 0 Å². The highest BCUT2D eigenvalue weighted by Gasteiger charge is 2.19. The Labute approximate surface area is 470 Å². The molecule has 0 spiro atoms. The highest BCUT2D eigenvalue weighted by molar-refractivity contribution is 5.71. The van der Waals surface area contributed by atoms with Crippen molar-refractivity contribution in [1.82, 2.24) is 0 Å². The van der Waals surface area contributed by atoms with Gasteiger partial charge < -0.3 is 14.2 Å². The van der Waals surface area contributed by atoms with E-state index in [4.69, 9.17) is 14.2 Å². The van der Waals surface area contributed by atoms with Crippen LogP contribution in [0.15, 0.2) is 109 Å². The van der Waals surface area contributed by atoms with Gasteiger partial charge in [-0.3, -0.25) is 14.4 Å². The standard InChI is InChI=1S/C70H118O6/c1-4-7-10-13-16-19-22-25-28-30-31-32-33-34-35-36-37-38-39-40-43-45-48-51-54-57-60-63-69(72)75-66-67(65-74-68(71)62-59-56-53-50-47-44-41-27-24-21-18-15-12-9-6-3)76-70(73)64-61-58-55-52-49-46-42-29-26-23-20-17-14-11-8-5-2/h7,10,16,18-19,21,25,27-28,31-32,34-35,37-38,40-41,43,67H,4-6,8-9,11-15,17,20,22-24,26,29-30,33,36,39,42,44-66H2,1-3H3/b10-7-,19-16-,21-18-,28-25-,32-31-,35-34-,38-37-,41-27-,43-40-. The molecule has 0 bridgehead atoms. The van der Waals surface area contributed by atoms with Gasteiger partial charge in [-0.05, 0) is 109 Å². The second-order valence-electron chi connectivity index (χ2n) is 20.9. The van der Waals surface area contributed by atoms with Crippen molar-refractivity contribution in [2.75, 3.05) is 13.2 Å². The van der Waals surface area contributed by atoms with E-state index < -0.39 is 6.10 Å². The molecule has 0 aromatic carbocycles. The summed E-state index contributed by atoms with van der Waals surface area (Å²) in [6.07, 6.45) is 86.6.